The molecule has 6 aromatic rings. The third-order valence-corrected chi connectivity index (χ3v) is 7.56. The van der Waals surface area contributed by atoms with Crippen molar-refractivity contribution in [3.8, 4) is 11.3 Å². The lowest BCUT2D eigenvalue weighted by molar-refractivity contribution is -0.00762. The van der Waals surface area contributed by atoms with E-state index in [-0.39, 0.29) is 6.54 Å². The molecule has 38 heavy (non-hydrogen) atoms. The summed E-state index contributed by atoms with van der Waals surface area (Å²) >= 11 is 1.66. The van der Waals surface area contributed by atoms with Crippen molar-refractivity contribution in [2.24, 2.45) is 0 Å². The van der Waals surface area contributed by atoms with E-state index in [2.05, 4.69) is 39.0 Å². The molecule has 0 aliphatic carbocycles. The minimum atomic E-state index is -1.27. The van der Waals surface area contributed by atoms with Gasteiger partial charge in [0.05, 0.1) is 18.8 Å². The Hall–Kier alpha value is -4.20. The fraction of sp³-hybridized carbons (Fsp3) is 0.129. The summed E-state index contributed by atoms with van der Waals surface area (Å²) in [5.74, 6) is 0.780. The number of thioether (sulfide) groups is 1. The summed E-state index contributed by atoms with van der Waals surface area (Å²) in [5.41, 5.74) is 4.27. The maximum Gasteiger partial charge on any atom is 0.169 e. The maximum absolute atomic E-state index is 12.2. The topological polar surface area (TPSA) is 68.8 Å². The molecule has 0 saturated carbocycles. The van der Waals surface area contributed by atoms with Crippen molar-refractivity contribution in [1.29, 1.82) is 0 Å². The van der Waals surface area contributed by atoms with Gasteiger partial charge < -0.3 is 9.67 Å². The number of fused-ring (bicyclic) bond motifs is 1. The zero-order chi connectivity index (χ0) is 25.8. The highest BCUT2D eigenvalue weighted by Gasteiger charge is 2.33. The Morgan fingerprint density at radius 1 is 0.684 bits per heavy atom. The molecule has 0 amide bonds. The number of aliphatic hydroxyl groups is 1. The second-order valence-electron chi connectivity index (χ2n) is 9.29. The van der Waals surface area contributed by atoms with E-state index in [4.69, 9.17) is 4.98 Å². The van der Waals surface area contributed by atoms with E-state index in [0.29, 0.717) is 6.54 Å². The van der Waals surface area contributed by atoms with Gasteiger partial charge in [0.2, 0.25) is 0 Å². The smallest absolute Gasteiger partial charge is 0.169 e. The molecular formula is C31H27N5OS. The lowest BCUT2D eigenvalue weighted by Gasteiger charge is -2.29. The second kappa shape index (κ2) is 10.7. The van der Waals surface area contributed by atoms with Crippen LogP contribution in [0.25, 0.3) is 22.3 Å². The van der Waals surface area contributed by atoms with Gasteiger partial charge in [0.1, 0.15) is 16.6 Å². The van der Waals surface area contributed by atoms with Crippen LogP contribution < -0.4 is 0 Å². The van der Waals surface area contributed by atoms with Gasteiger partial charge in [0, 0.05) is 17.5 Å². The Kier molecular flexibility index (Phi) is 6.77. The standard InChI is InChI=1S/C31H27N5OS/c37-31(26-16-8-3-9-17-26,23-36-33-27-18-10-11-19-28(27)34-36)22-35-20-29(25-14-6-2-7-15-25)32-30(35)38-21-24-12-4-1-5-13-24/h1-20,37H,21-23H2. The van der Waals surface area contributed by atoms with Gasteiger partial charge >= 0.3 is 0 Å². The van der Waals surface area contributed by atoms with Crippen molar-refractivity contribution in [3.05, 3.63) is 133 Å². The largest absolute Gasteiger partial charge is 0.381 e. The lowest BCUT2D eigenvalue weighted by Crippen LogP contribution is -2.37. The van der Waals surface area contributed by atoms with E-state index in [9.17, 15) is 5.11 Å². The minimum absolute atomic E-state index is 0.202. The summed E-state index contributed by atoms with van der Waals surface area (Å²) in [5, 5.41) is 22.4. The summed E-state index contributed by atoms with van der Waals surface area (Å²) in [7, 11) is 0. The molecule has 0 radical (unpaired) electrons. The van der Waals surface area contributed by atoms with Gasteiger partial charge in [-0.2, -0.15) is 15.0 Å². The fourth-order valence-electron chi connectivity index (χ4n) is 4.57. The molecule has 0 aliphatic heterocycles. The number of imidazole rings is 1. The van der Waals surface area contributed by atoms with Gasteiger partial charge in [0.15, 0.2) is 5.16 Å². The Balaban J connectivity index is 1.37. The average molecular weight is 518 g/mol. The number of rotatable bonds is 9. The van der Waals surface area contributed by atoms with Crippen LogP contribution >= 0.6 is 11.8 Å². The first-order valence-corrected chi connectivity index (χ1v) is 13.5. The van der Waals surface area contributed by atoms with E-state index < -0.39 is 5.60 Å². The summed E-state index contributed by atoms with van der Waals surface area (Å²) < 4.78 is 2.06. The fourth-order valence-corrected chi connectivity index (χ4v) is 5.50. The molecule has 0 saturated heterocycles. The van der Waals surface area contributed by atoms with Crippen molar-refractivity contribution in [2.75, 3.05) is 0 Å². The second-order valence-corrected chi connectivity index (χ2v) is 10.2. The van der Waals surface area contributed by atoms with Gasteiger partial charge in [-0.25, -0.2) is 4.98 Å². The normalized spacial score (nSPS) is 13.0. The van der Waals surface area contributed by atoms with Gasteiger partial charge in [-0.3, -0.25) is 0 Å². The number of hydrogen-bond donors (Lipinski definition) is 1. The number of benzene rings is 4. The van der Waals surface area contributed by atoms with E-state index in [1.54, 1.807) is 16.6 Å². The molecule has 4 aromatic carbocycles. The first kappa shape index (κ1) is 24.2. The lowest BCUT2D eigenvalue weighted by atomic mass is 9.93. The van der Waals surface area contributed by atoms with E-state index in [0.717, 1.165) is 38.8 Å². The third kappa shape index (κ3) is 5.25. The Bertz CT molecular complexity index is 1600. The third-order valence-electron chi connectivity index (χ3n) is 6.49. The van der Waals surface area contributed by atoms with Crippen LogP contribution in [0.3, 0.4) is 0 Å². The van der Waals surface area contributed by atoms with Crippen molar-refractivity contribution < 1.29 is 5.11 Å². The molecule has 6 nitrogen and oxygen atoms in total. The molecule has 0 fully saturated rings. The number of nitrogens with zero attached hydrogens (tertiary/aromatic N) is 5. The average Bonchev–Trinajstić information content (AvgIpc) is 3.56. The van der Waals surface area contributed by atoms with Crippen LogP contribution in [0.1, 0.15) is 11.1 Å². The van der Waals surface area contributed by atoms with Crippen molar-refractivity contribution in [3.63, 3.8) is 0 Å². The molecule has 0 spiro atoms. The highest BCUT2D eigenvalue weighted by Crippen LogP contribution is 2.32. The molecule has 1 N–H and O–H groups in total. The van der Waals surface area contributed by atoms with Crippen LogP contribution in [-0.4, -0.2) is 29.7 Å². The van der Waals surface area contributed by atoms with Crippen molar-refractivity contribution in [1.82, 2.24) is 24.5 Å². The molecule has 1 atom stereocenters. The summed E-state index contributed by atoms with van der Waals surface area (Å²) in [4.78, 5) is 6.59. The van der Waals surface area contributed by atoms with Gasteiger partial charge in [0.25, 0.3) is 0 Å². The maximum atomic E-state index is 12.2. The molecule has 7 heteroatoms. The monoisotopic (exact) mass is 517 g/mol. The molecule has 1 unspecified atom stereocenters. The molecular weight excluding hydrogens is 490 g/mol. The minimum Gasteiger partial charge on any atom is -0.381 e. The highest BCUT2D eigenvalue weighted by atomic mass is 32.2. The molecule has 0 aliphatic rings. The summed E-state index contributed by atoms with van der Waals surface area (Å²) in [6.07, 6.45) is 2.03. The van der Waals surface area contributed by atoms with Crippen molar-refractivity contribution in [2.45, 2.75) is 29.6 Å². The van der Waals surface area contributed by atoms with Crippen LogP contribution in [0.4, 0.5) is 0 Å². The van der Waals surface area contributed by atoms with Gasteiger partial charge in [-0.05, 0) is 23.3 Å². The Labute approximate surface area is 225 Å². The predicted molar refractivity (Wildman–Crippen MR) is 152 cm³/mol. The van der Waals surface area contributed by atoms with Crippen LogP contribution in [0.2, 0.25) is 0 Å². The van der Waals surface area contributed by atoms with Crippen LogP contribution in [0, 0.1) is 0 Å². The Morgan fingerprint density at radius 2 is 1.26 bits per heavy atom. The van der Waals surface area contributed by atoms with Crippen LogP contribution in [-0.2, 0) is 24.4 Å². The quantitative estimate of drug-likeness (QED) is 0.232. The molecule has 0 bridgehead atoms. The summed E-state index contributed by atoms with van der Waals surface area (Å²) in [6, 6.07) is 38.0. The van der Waals surface area contributed by atoms with E-state index >= 15 is 0 Å². The highest BCUT2D eigenvalue weighted by molar-refractivity contribution is 7.98. The zero-order valence-electron chi connectivity index (χ0n) is 20.8. The molecule has 2 aromatic heterocycles. The Morgan fingerprint density at radius 3 is 1.92 bits per heavy atom. The molecule has 6 rings (SSSR count). The van der Waals surface area contributed by atoms with Gasteiger partial charge in [-0.1, -0.05) is 115 Å². The number of aromatic nitrogens is 5. The van der Waals surface area contributed by atoms with Crippen LogP contribution in [0.5, 0.6) is 0 Å². The first-order valence-electron chi connectivity index (χ1n) is 12.5. The first-order chi connectivity index (χ1) is 18.7. The zero-order valence-corrected chi connectivity index (χ0v) is 21.6. The SMILES string of the molecule is OC(Cn1nc2ccccc2n1)(Cn1cc(-c2ccccc2)nc1SCc1ccccc1)c1ccccc1. The summed E-state index contributed by atoms with van der Waals surface area (Å²) in [6.45, 7) is 0.499. The molecule has 2 heterocycles. The van der Waals surface area contributed by atoms with Crippen LogP contribution in [0.15, 0.2) is 127 Å². The predicted octanol–water partition coefficient (Wildman–Crippen LogP) is 6.18. The van der Waals surface area contributed by atoms with E-state index in [1.165, 1.54) is 5.56 Å². The number of hydrogen-bond acceptors (Lipinski definition) is 5. The van der Waals surface area contributed by atoms with Crippen molar-refractivity contribution >= 4 is 22.8 Å². The molecule has 188 valence electrons. The van der Waals surface area contributed by atoms with Gasteiger partial charge in [-0.15, -0.1) is 0 Å². The van der Waals surface area contributed by atoms with E-state index in [1.807, 2.05) is 97.2 Å².